The highest BCUT2D eigenvalue weighted by Gasteiger charge is 2.09. The molecule has 1 aromatic carbocycles. The van der Waals surface area contributed by atoms with Crippen molar-refractivity contribution in [3.63, 3.8) is 0 Å². The third-order valence-electron chi connectivity index (χ3n) is 3.20. The Morgan fingerprint density at radius 3 is 2.65 bits per heavy atom. The molecule has 0 saturated carbocycles. The highest BCUT2D eigenvalue weighted by atomic mass is 35.5. The highest BCUT2D eigenvalue weighted by molar-refractivity contribution is 6.30. The van der Waals surface area contributed by atoms with Crippen LogP contribution in [0.5, 0.6) is 0 Å². The topological polar surface area (TPSA) is 41.1 Å². The molecule has 20 heavy (non-hydrogen) atoms. The third-order valence-corrected chi connectivity index (χ3v) is 3.53. The fourth-order valence-electron chi connectivity index (χ4n) is 2.12. The van der Waals surface area contributed by atoms with Crippen LogP contribution in [-0.2, 0) is 6.42 Å². The van der Waals surface area contributed by atoms with E-state index >= 15 is 0 Å². The monoisotopic (exact) mass is 290 g/mol. The van der Waals surface area contributed by atoms with Crippen LogP contribution in [0.1, 0.15) is 18.1 Å². The average Bonchev–Trinajstić information content (AvgIpc) is 2.41. The van der Waals surface area contributed by atoms with Crippen LogP contribution in [-0.4, -0.2) is 24.1 Å². The van der Waals surface area contributed by atoms with Crippen LogP contribution in [0.2, 0.25) is 5.15 Å². The first kappa shape index (κ1) is 14.6. The molecule has 1 N–H and O–H groups in total. The zero-order valence-corrected chi connectivity index (χ0v) is 13.0. The minimum atomic E-state index is 0.505. The Kier molecular flexibility index (Phi) is 4.45. The van der Waals surface area contributed by atoms with E-state index < -0.39 is 0 Å². The lowest BCUT2D eigenvalue weighted by molar-refractivity contribution is 1.05. The van der Waals surface area contributed by atoms with Crippen molar-refractivity contribution >= 4 is 28.8 Å². The first-order chi connectivity index (χ1) is 9.52. The summed E-state index contributed by atoms with van der Waals surface area (Å²) in [6.45, 7) is 4.13. The molecule has 0 aliphatic carbocycles. The van der Waals surface area contributed by atoms with Gasteiger partial charge in [0.25, 0.3) is 0 Å². The Balaban J connectivity index is 2.36. The third kappa shape index (κ3) is 3.02. The summed E-state index contributed by atoms with van der Waals surface area (Å²) in [5.41, 5.74) is 4.33. The molecule has 0 amide bonds. The number of hydrogen-bond donors (Lipinski definition) is 1. The van der Waals surface area contributed by atoms with Gasteiger partial charge in [-0.1, -0.05) is 24.6 Å². The SMILES string of the molecule is CCc1c(Cl)ncnc1Nc1ccc(C)c(N(C)C)c1. The van der Waals surface area contributed by atoms with Crippen molar-refractivity contribution in [2.45, 2.75) is 20.3 Å². The fourth-order valence-corrected chi connectivity index (χ4v) is 2.38. The molecule has 4 nitrogen and oxygen atoms in total. The van der Waals surface area contributed by atoms with Crippen molar-refractivity contribution in [2.24, 2.45) is 0 Å². The van der Waals surface area contributed by atoms with Gasteiger partial charge < -0.3 is 10.2 Å². The number of aryl methyl sites for hydroxylation is 1. The second kappa shape index (κ2) is 6.09. The summed E-state index contributed by atoms with van der Waals surface area (Å²) < 4.78 is 0. The maximum atomic E-state index is 6.10. The van der Waals surface area contributed by atoms with Gasteiger partial charge in [0.15, 0.2) is 0 Å². The first-order valence-electron chi connectivity index (χ1n) is 6.57. The van der Waals surface area contributed by atoms with Gasteiger partial charge >= 0.3 is 0 Å². The van der Waals surface area contributed by atoms with Gasteiger partial charge in [-0.3, -0.25) is 0 Å². The van der Waals surface area contributed by atoms with Gasteiger partial charge in [0, 0.05) is 31.0 Å². The quantitative estimate of drug-likeness (QED) is 0.869. The number of anilines is 3. The lowest BCUT2D eigenvalue weighted by atomic mass is 10.1. The van der Waals surface area contributed by atoms with Crippen molar-refractivity contribution in [2.75, 3.05) is 24.3 Å². The highest BCUT2D eigenvalue weighted by Crippen LogP contribution is 2.27. The molecule has 1 heterocycles. The van der Waals surface area contributed by atoms with Gasteiger partial charge in [-0.15, -0.1) is 0 Å². The molecular weight excluding hydrogens is 272 g/mol. The smallest absolute Gasteiger partial charge is 0.138 e. The van der Waals surface area contributed by atoms with Crippen LogP contribution in [0, 0.1) is 6.92 Å². The lowest BCUT2D eigenvalue weighted by Crippen LogP contribution is -2.10. The summed E-state index contributed by atoms with van der Waals surface area (Å²) in [5, 5.41) is 3.83. The molecule has 2 aromatic rings. The molecule has 1 aromatic heterocycles. The van der Waals surface area contributed by atoms with Crippen LogP contribution in [0.3, 0.4) is 0 Å². The summed E-state index contributed by atoms with van der Waals surface area (Å²) >= 11 is 6.10. The van der Waals surface area contributed by atoms with Gasteiger partial charge in [0.05, 0.1) is 0 Å². The number of nitrogens with zero attached hydrogens (tertiary/aromatic N) is 3. The maximum Gasteiger partial charge on any atom is 0.138 e. The second-order valence-electron chi connectivity index (χ2n) is 4.87. The molecule has 2 rings (SSSR count). The van der Waals surface area contributed by atoms with E-state index in [9.17, 15) is 0 Å². The van der Waals surface area contributed by atoms with E-state index in [2.05, 4.69) is 39.2 Å². The van der Waals surface area contributed by atoms with E-state index in [4.69, 9.17) is 11.6 Å². The zero-order valence-electron chi connectivity index (χ0n) is 12.2. The van der Waals surface area contributed by atoms with Crippen molar-refractivity contribution in [3.05, 3.63) is 40.8 Å². The molecule has 0 bridgehead atoms. The predicted octanol–water partition coefficient (Wildman–Crippen LogP) is 3.81. The summed E-state index contributed by atoms with van der Waals surface area (Å²) in [4.78, 5) is 10.4. The first-order valence-corrected chi connectivity index (χ1v) is 6.95. The molecule has 0 aliphatic heterocycles. The number of nitrogens with one attached hydrogen (secondary N) is 1. The fraction of sp³-hybridized carbons (Fsp3) is 0.333. The van der Waals surface area contributed by atoms with Crippen molar-refractivity contribution in [1.29, 1.82) is 0 Å². The summed E-state index contributed by atoms with van der Waals surface area (Å²) in [6, 6.07) is 6.23. The number of aromatic nitrogens is 2. The molecule has 0 fully saturated rings. The molecule has 106 valence electrons. The minimum absolute atomic E-state index is 0.505. The van der Waals surface area contributed by atoms with Crippen molar-refractivity contribution in [1.82, 2.24) is 9.97 Å². The number of halogens is 1. The summed E-state index contributed by atoms with van der Waals surface area (Å²) in [7, 11) is 4.07. The van der Waals surface area contributed by atoms with Gasteiger partial charge in [-0.25, -0.2) is 9.97 Å². The Hall–Kier alpha value is -1.81. The van der Waals surface area contributed by atoms with Crippen LogP contribution >= 0.6 is 11.6 Å². The minimum Gasteiger partial charge on any atom is -0.377 e. The Labute approximate surface area is 124 Å². The Bertz CT molecular complexity index is 611. The van der Waals surface area contributed by atoms with E-state index in [-0.39, 0.29) is 0 Å². The molecule has 5 heteroatoms. The van der Waals surface area contributed by atoms with Crippen molar-refractivity contribution < 1.29 is 0 Å². The molecular formula is C15H19ClN4. The van der Waals surface area contributed by atoms with E-state index in [1.165, 1.54) is 17.6 Å². The van der Waals surface area contributed by atoms with E-state index in [0.29, 0.717) is 5.15 Å². The van der Waals surface area contributed by atoms with Gasteiger partial charge in [0.2, 0.25) is 0 Å². The molecule has 0 spiro atoms. The second-order valence-corrected chi connectivity index (χ2v) is 5.22. The zero-order chi connectivity index (χ0) is 14.7. The maximum absolute atomic E-state index is 6.10. The lowest BCUT2D eigenvalue weighted by Gasteiger charge is -2.18. The largest absolute Gasteiger partial charge is 0.377 e. The standard InChI is InChI=1S/C15H19ClN4/c1-5-12-14(16)17-9-18-15(12)19-11-7-6-10(2)13(8-11)20(3)4/h6-9H,5H2,1-4H3,(H,17,18,19). The number of hydrogen-bond acceptors (Lipinski definition) is 4. The van der Waals surface area contributed by atoms with Crippen LogP contribution < -0.4 is 10.2 Å². The number of rotatable bonds is 4. The molecule has 0 unspecified atom stereocenters. The van der Waals surface area contributed by atoms with E-state index in [1.54, 1.807) is 0 Å². The molecule has 0 aliphatic rings. The summed E-state index contributed by atoms with van der Waals surface area (Å²) in [5.74, 6) is 0.765. The molecule has 0 saturated heterocycles. The Morgan fingerprint density at radius 1 is 1.25 bits per heavy atom. The van der Waals surface area contributed by atoms with Crippen LogP contribution in [0.25, 0.3) is 0 Å². The molecule has 0 radical (unpaired) electrons. The van der Waals surface area contributed by atoms with Gasteiger partial charge in [-0.05, 0) is 31.0 Å². The predicted molar refractivity (Wildman–Crippen MR) is 85.2 cm³/mol. The van der Waals surface area contributed by atoms with Gasteiger partial charge in [-0.2, -0.15) is 0 Å². The Morgan fingerprint density at radius 2 is 2.00 bits per heavy atom. The van der Waals surface area contributed by atoms with Crippen LogP contribution in [0.15, 0.2) is 24.5 Å². The van der Waals surface area contributed by atoms with Crippen molar-refractivity contribution in [3.8, 4) is 0 Å². The van der Waals surface area contributed by atoms with Gasteiger partial charge in [0.1, 0.15) is 17.3 Å². The van der Waals surface area contributed by atoms with E-state index in [1.807, 2.05) is 27.1 Å². The van der Waals surface area contributed by atoms with E-state index in [0.717, 1.165) is 23.5 Å². The number of benzene rings is 1. The normalized spacial score (nSPS) is 10.4. The molecule has 0 atom stereocenters. The summed E-state index contributed by atoms with van der Waals surface area (Å²) in [6.07, 6.45) is 2.26. The van der Waals surface area contributed by atoms with Crippen LogP contribution in [0.4, 0.5) is 17.2 Å². The average molecular weight is 291 g/mol.